The molecule has 166 valence electrons. The fourth-order valence-electron chi connectivity index (χ4n) is 3.50. The Hall–Kier alpha value is -2.81. The quantitative estimate of drug-likeness (QED) is 0.754. The van der Waals surface area contributed by atoms with E-state index >= 15 is 0 Å². The summed E-state index contributed by atoms with van der Waals surface area (Å²) in [6, 6.07) is 6.57. The number of aromatic nitrogens is 1. The number of morpholine rings is 1. The van der Waals surface area contributed by atoms with Crippen LogP contribution in [0.3, 0.4) is 0 Å². The van der Waals surface area contributed by atoms with Crippen molar-refractivity contribution in [2.75, 3.05) is 31.2 Å². The Bertz CT molecular complexity index is 937. The molecule has 2 heterocycles. The number of nitrogens with zero attached hydrogens (tertiary/aromatic N) is 2. The zero-order valence-electron chi connectivity index (χ0n) is 17.2. The molecule has 1 amide bonds. The fraction of sp³-hybridized carbons (Fsp3) is 0.455. The fourth-order valence-corrected chi connectivity index (χ4v) is 3.50. The second kappa shape index (κ2) is 8.74. The maximum absolute atomic E-state index is 12.7. The van der Waals surface area contributed by atoms with Gasteiger partial charge in [-0.3, -0.25) is 0 Å². The number of hydrogen-bond donors (Lipinski definition) is 1. The highest BCUT2D eigenvalue weighted by molar-refractivity contribution is 5.72. The molecule has 4 rings (SSSR count). The maximum atomic E-state index is 12.7. The number of carbonyl (C=O) groups is 1. The van der Waals surface area contributed by atoms with Crippen molar-refractivity contribution in [1.82, 2.24) is 10.3 Å². The van der Waals surface area contributed by atoms with Crippen LogP contribution >= 0.6 is 0 Å². The van der Waals surface area contributed by atoms with Gasteiger partial charge in [0.25, 0.3) is 0 Å². The molecule has 1 saturated carbocycles. The van der Waals surface area contributed by atoms with Gasteiger partial charge in [-0.25, -0.2) is 9.78 Å². The molecule has 2 fully saturated rings. The van der Waals surface area contributed by atoms with E-state index in [0.29, 0.717) is 24.5 Å². The average Bonchev–Trinajstić information content (AvgIpc) is 3.59. The molecular formula is C22H24F3N3O3. The van der Waals surface area contributed by atoms with E-state index in [1.807, 2.05) is 13.0 Å². The molecule has 6 nitrogen and oxygen atoms in total. The van der Waals surface area contributed by atoms with Gasteiger partial charge in [-0.05, 0) is 49.1 Å². The molecule has 1 N–H and O–H groups in total. The van der Waals surface area contributed by atoms with Gasteiger partial charge in [-0.15, -0.1) is 0 Å². The first-order valence-corrected chi connectivity index (χ1v) is 10.3. The standard InChI is InChI=1S/C22H24F3N3O3/c1-14-12-18(28-8-10-30-11-9-28)27-19(16-4-5-16)20(14)31-21(29)26-13-15-2-6-17(7-3-15)22(23,24)25/h2-3,6-7,12,16H,4-5,8-11,13H2,1H3,(H,26,29). The SMILES string of the molecule is Cc1cc(N2CCOCC2)nc(C2CC2)c1OC(=O)NCc1ccc(C(F)(F)F)cc1. The van der Waals surface area contributed by atoms with Crippen molar-refractivity contribution in [2.24, 2.45) is 0 Å². The molecule has 31 heavy (non-hydrogen) atoms. The second-order valence-electron chi connectivity index (χ2n) is 7.82. The first kappa shape index (κ1) is 21.4. The van der Waals surface area contributed by atoms with Crippen molar-refractivity contribution in [3.8, 4) is 5.75 Å². The predicted octanol–water partition coefficient (Wildman–Crippen LogP) is 4.41. The lowest BCUT2D eigenvalue weighted by Gasteiger charge is -2.29. The van der Waals surface area contributed by atoms with Gasteiger partial charge in [-0.1, -0.05) is 12.1 Å². The molecule has 0 unspecified atom stereocenters. The number of ether oxygens (including phenoxy) is 2. The van der Waals surface area contributed by atoms with Crippen molar-refractivity contribution in [3.05, 3.63) is 52.7 Å². The van der Waals surface area contributed by atoms with Gasteiger partial charge in [0.15, 0.2) is 5.75 Å². The van der Waals surface area contributed by atoms with E-state index in [2.05, 4.69) is 10.2 Å². The van der Waals surface area contributed by atoms with E-state index in [9.17, 15) is 18.0 Å². The van der Waals surface area contributed by atoms with E-state index in [1.54, 1.807) is 0 Å². The van der Waals surface area contributed by atoms with Crippen molar-refractivity contribution < 1.29 is 27.4 Å². The normalized spacial score (nSPS) is 16.8. The van der Waals surface area contributed by atoms with Crippen LogP contribution in [0.5, 0.6) is 5.75 Å². The first-order valence-electron chi connectivity index (χ1n) is 10.3. The summed E-state index contributed by atoms with van der Waals surface area (Å²) < 4.78 is 49.0. The molecule has 0 atom stereocenters. The second-order valence-corrected chi connectivity index (χ2v) is 7.82. The number of amides is 1. The summed E-state index contributed by atoms with van der Waals surface area (Å²) in [7, 11) is 0. The van der Waals surface area contributed by atoms with E-state index in [-0.39, 0.29) is 12.5 Å². The molecule has 0 spiro atoms. The number of aryl methyl sites for hydroxylation is 1. The summed E-state index contributed by atoms with van der Waals surface area (Å²) in [5.41, 5.74) is 1.43. The molecule has 1 aliphatic heterocycles. The molecule has 9 heteroatoms. The number of benzene rings is 1. The van der Waals surface area contributed by atoms with Gasteiger partial charge in [-0.2, -0.15) is 13.2 Å². The van der Waals surface area contributed by atoms with Gasteiger partial charge < -0.3 is 19.7 Å². The van der Waals surface area contributed by atoms with Crippen LogP contribution in [0.2, 0.25) is 0 Å². The largest absolute Gasteiger partial charge is 0.416 e. The Morgan fingerprint density at radius 3 is 2.52 bits per heavy atom. The maximum Gasteiger partial charge on any atom is 0.416 e. The summed E-state index contributed by atoms with van der Waals surface area (Å²) in [6.45, 7) is 4.80. The van der Waals surface area contributed by atoms with Crippen molar-refractivity contribution >= 4 is 11.9 Å². The lowest BCUT2D eigenvalue weighted by Crippen LogP contribution is -2.37. The Kier molecular flexibility index (Phi) is 6.04. The van der Waals surface area contributed by atoms with Crippen LogP contribution < -0.4 is 15.0 Å². The Balaban J connectivity index is 1.42. The zero-order chi connectivity index (χ0) is 22.0. The monoisotopic (exact) mass is 435 g/mol. The third kappa shape index (κ3) is 5.28. The van der Waals surface area contributed by atoms with E-state index < -0.39 is 17.8 Å². The van der Waals surface area contributed by atoms with E-state index in [0.717, 1.165) is 55.1 Å². The number of hydrogen-bond acceptors (Lipinski definition) is 5. The Labute approximate surface area is 178 Å². The molecule has 0 radical (unpaired) electrons. The number of pyridine rings is 1. The van der Waals surface area contributed by atoms with Gasteiger partial charge in [0.1, 0.15) is 5.82 Å². The van der Waals surface area contributed by atoms with Gasteiger partial charge in [0.05, 0.1) is 24.5 Å². The van der Waals surface area contributed by atoms with Crippen LogP contribution in [0, 0.1) is 6.92 Å². The molecule has 0 bridgehead atoms. The minimum Gasteiger partial charge on any atom is -0.408 e. The molecule has 2 aliphatic rings. The number of halogens is 3. The van der Waals surface area contributed by atoms with Crippen LogP contribution in [-0.2, 0) is 17.5 Å². The highest BCUT2D eigenvalue weighted by Gasteiger charge is 2.32. The Morgan fingerprint density at radius 1 is 1.23 bits per heavy atom. The van der Waals surface area contributed by atoms with Gasteiger partial charge >= 0.3 is 12.3 Å². The molecule has 1 aliphatic carbocycles. The lowest BCUT2D eigenvalue weighted by atomic mass is 10.1. The molecule has 1 aromatic carbocycles. The average molecular weight is 435 g/mol. The third-order valence-corrected chi connectivity index (χ3v) is 5.38. The highest BCUT2D eigenvalue weighted by atomic mass is 19.4. The topological polar surface area (TPSA) is 63.7 Å². The summed E-state index contributed by atoms with van der Waals surface area (Å²) >= 11 is 0. The summed E-state index contributed by atoms with van der Waals surface area (Å²) in [4.78, 5) is 19.3. The molecule has 1 aromatic heterocycles. The van der Waals surface area contributed by atoms with Crippen molar-refractivity contribution in [1.29, 1.82) is 0 Å². The summed E-state index contributed by atoms with van der Waals surface area (Å²) in [5.74, 6) is 1.60. The van der Waals surface area contributed by atoms with Crippen LogP contribution in [0.15, 0.2) is 30.3 Å². The van der Waals surface area contributed by atoms with Crippen molar-refractivity contribution in [2.45, 2.75) is 38.4 Å². The minimum atomic E-state index is -4.39. The van der Waals surface area contributed by atoms with Crippen LogP contribution in [0.25, 0.3) is 0 Å². The summed E-state index contributed by atoms with van der Waals surface area (Å²) in [6.07, 6.45) is -3.04. The predicted molar refractivity (Wildman–Crippen MR) is 108 cm³/mol. The van der Waals surface area contributed by atoms with Gasteiger partial charge in [0, 0.05) is 25.6 Å². The molecule has 2 aromatic rings. The number of alkyl halides is 3. The number of rotatable bonds is 5. The number of carbonyl (C=O) groups excluding carboxylic acids is 1. The minimum absolute atomic E-state index is 0.0636. The smallest absolute Gasteiger partial charge is 0.408 e. The zero-order valence-corrected chi connectivity index (χ0v) is 17.2. The lowest BCUT2D eigenvalue weighted by molar-refractivity contribution is -0.137. The summed E-state index contributed by atoms with van der Waals surface area (Å²) in [5, 5.41) is 2.60. The molecule has 1 saturated heterocycles. The number of anilines is 1. The van der Waals surface area contributed by atoms with E-state index in [1.165, 1.54) is 12.1 Å². The molecular weight excluding hydrogens is 411 g/mol. The first-order chi connectivity index (χ1) is 14.8. The van der Waals surface area contributed by atoms with Crippen LogP contribution in [0.1, 0.15) is 41.1 Å². The van der Waals surface area contributed by atoms with Crippen LogP contribution in [-0.4, -0.2) is 37.4 Å². The van der Waals surface area contributed by atoms with E-state index in [4.69, 9.17) is 14.5 Å². The van der Waals surface area contributed by atoms with Crippen molar-refractivity contribution in [3.63, 3.8) is 0 Å². The highest BCUT2D eigenvalue weighted by Crippen LogP contribution is 2.45. The Morgan fingerprint density at radius 2 is 1.90 bits per heavy atom. The van der Waals surface area contributed by atoms with Crippen LogP contribution in [0.4, 0.5) is 23.8 Å². The third-order valence-electron chi connectivity index (χ3n) is 5.38. The number of nitrogens with one attached hydrogen (secondary N) is 1. The van der Waals surface area contributed by atoms with Gasteiger partial charge in [0.2, 0.25) is 0 Å².